The first kappa shape index (κ1) is 15.0. The van der Waals surface area contributed by atoms with Crippen LogP contribution >= 0.6 is 0 Å². The summed E-state index contributed by atoms with van der Waals surface area (Å²) in [5.41, 5.74) is 1.35. The molecule has 20 heavy (non-hydrogen) atoms. The summed E-state index contributed by atoms with van der Waals surface area (Å²) in [6.07, 6.45) is 1.96. The molecule has 0 bridgehead atoms. The summed E-state index contributed by atoms with van der Waals surface area (Å²) < 4.78 is 0. The third kappa shape index (κ3) is 3.60. The van der Waals surface area contributed by atoms with Crippen molar-refractivity contribution >= 4 is 5.91 Å². The van der Waals surface area contributed by atoms with Crippen molar-refractivity contribution in [2.24, 2.45) is 5.92 Å². The zero-order valence-electron chi connectivity index (χ0n) is 12.8. The van der Waals surface area contributed by atoms with Crippen LogP contribution in [0, 0.1) is 5.92 Å². The highest BCUT2D eigenvalue weighted by Crippen LogP contribution is 2.24. The maximum atomic E-state index is 11.9. The summed E-state index contributed by atoms with van der Waals surface area (Å²) in [5.74, 6) is 0.322. The summed E-state index contributed by atoms with van der Waals surface area (Å²) in [6.45, 7) is 8.31. The minimum absolute atomic E-state index is 0.121. The van der Waals surface area contributed by atoms with Gasteiger partial charge < -0.3 is 5.32 Å². The van der Waals surface area contributed by atoms with E-state index >= 15 is 0 Å². The lowest BCUT2D eigenvalue weighted by atomic mass is 10.1. The number of nitrogens with zero attached hydrogens (tertiary/aromatic N) is 1. The second-order valence-corrected chi connectivity index (χ2v) is 5.89. The van der Waals surface area contributed by atoms with Crippen molar-refractivity contribution in [1.29, 1.82) is 0 Å². The summed E-state index contributed by atoms with van der Waals surface area (Å²) >= 11 is 0. The van der Waals surface area contributed by atoms with Gasteiger partial charge in [-0.15, -0.1) is 0 Å². The number of rotatable bonds is 5. The van der Waals surface area contributed by atoms with Crippen LogP contribution in [0.5, 0.6) is 0 Å². The van der Waals surface area contributed by atoms with Crippen molar-refractivity contribution in [2.75, 3.05) is 13.1 Å². The molecule has 0 saturated carbocycles. The van der Waals surface area contributed by atoms with Crippen LogP contribution in [0.2, 0.25) is 0 Å². The number of amides is 1. The van der Waals surface area contributed by atoms with Gasteiger partial charge in [-0.25, -0.2) is 0 Å². The van der Waals surface area contributed by atoms with Crippen molar-refractivity contribution in [2.45, 2.75) is 45.7 Å². The maximum Gasteiger partial charge on any atom is 0.223 e. The molecule has 2 rings (SSSR count). The lowest BCUT2D eigenvalue weighted by Crippen LogP contribution is -2.40. The molecule has 1 aromatic carbocycles. The van der Waals surface area contributed by atoms with Gasteiger partial charge in [-0.05, 0) is 25.3 Å². The summed E-state index contributed by atoms with van der Waals surface area (Å²) in [6, 6.07) is 11.3. The van der Waals surface area contributed by atoms with Crippen LogP contribution < -0.4 is 5.32 Å². The van der Waals surface area contributed by atoms with Gasteiger partial charge in [0.2, 0.25) is 5.91 Å². The van der Waals surface area contributed by atoms with E-state index in [1.165, 1.54) is 5.56 Å². The number of likely N-dealkylation sites (tertiary alicyclic amines) is 1. The Kier molecular flexibility index (Phi) is 5.18. The van der Waals surface area contributed by atoms with Gasteiger partial charge in [0.25, 0.3) is 0 Å². The quantitative estimate of drug-likeness (QED) is 0.895. The molecule has 1 aliphatic rings. The fourth-order valence-electron chi connectivity index (χ4n) is 2.73. The van der Waals surface area contributed by atoms with Gasteiger partial charge in [0.1, 0.15) is 0 Å². The predicted octanol–water partition coefficient (Wildman–Crippen LogP) is 2.98. The molecule has 1 N–H and O–H groups in total. The number of nitrogens with one attached hydrogen (secondary N) is 1. The largest absolute Gasteiger partial charge is 0.352 e. The Morgan fingerprint density at radius 1 is 1.35 bits per heavy atom. The summed E-state index contributed by atoms with van der Waals surface area (Å²) in [7, 11) is 0. The van der Waals surface area contributed by atoms with Gasteiger partial charge in [0, 0.05) is 31.1 Å². The van der Waals surface area contributed by atoms with Crippen LogP contribution in [-0.4, -0.2) is 29.9 Å². The molecule has 3 atom stereocenters. The van der Waals surface area contributed by atoms with Gasteiger partial charge in [0.05, 0.1) is 0 Å². The molecule has 0 aromatic heterocycles. The molecule has 1 amide bonds. The van der Waals surface area contributed by atoms with Crippen molar-refractivity contribution in [3.05, 3.63) is 35.9 Å². The number of carbonyl (C=O) groups is 1. The van der Waals surface area contributed by atoms with E-state index in [2.05, 4.69) is 54.4 Å². The Morgan fingerprint density at radius 2 is 2.05 bits per heavy atom. The van der Waals surface area contributed by atoms with Gasteiger partial charge in [-0.2, -0.15) is 0 Å². The third-order valence-corrected chi connectivity index (χ3v) is 4.46. The Balaban J connectivity index is 1.88. The minimum atomic E-state index is 0.121. The molecule has 1 fully saturated rings. The average molecular weight is 274 g/mol. The van der Waals surface area contributed by atoms with E-state index in [4.69, 9.17) is 0 Å². The van der Waals surface area contributed by atoms with Crippen LogP contribution in [0.3, 0.4) is 0 Å². The van der Waals surface area contributed by atoms with E-state index in [1.54, 1.807) is 0 Å². The first-order valence-corrected chi connectivity index (χ1v) is 7.71. The van der Waals surface area contributed by atoms with Crippen molar-refractivity contribution in [3.8, 4) is 0 Å². The zero-order valence-corrected chi connectivity index (χ0v) is 12.8. The first-order valence-electron chi connectivity index (χ1n) is 7.71. The molecule has 3 nitrogen and oxygen atoms in total. The molecular formula is C17H26N2O. The topological polar surface area (TPSA) is 32.3 Å². The highest BCUT2D eigenvalue weighted by atomic mass is 16.1. The lowest BCUT2D eigenvalue weighted by molar-refractivity contribution is -0.125. The Morgan fingerprint density at radius 3 is 2.70 bits per heavy atom. The molecule has 1 saturated heterocycles. The number of benzene rings is 1. The van der Waals surface area contributed by atoms with Crippen LogP contribution in [0.4, 0.5) is 0 Å². The average Bonchev–Trinajstić information content (AvgIpc) is 2.94. The van der Waals surface area contributed by atoms with Gasteiger partial charge in [-0.1, -0.05) is 44.2 Å². The number of hydrogen-bond acceptors (Lipinski definition) is 2. The molecule has 0 aliphatic carbocycles. The fourth-order valence-corrected chi connectivity index (χ4v) is 2.73. The van der Waals surface area contributed by atoms with E-state index in [0.29, 0.717) is 12.1 Å². The van der Waals surface area contributed by atoms with Crippen LogP contribution in [0.25, 0.3) is 0 Å². The summed E-state index contributed by atoms with van der Waals surface area (Å²) in [5, 5.41) is 3.19. The smallest absolute Gasteiger partial charge is 0.223 e. The Labute approximate surface area is 122 Å². The molecule has 3 heteroatoms. The fraction of sp³-hybridized carbons (Fsp3) is 0.588. The van der Waals surface area contributed by atoms with Crippen molar-refractivity contribution < 1.29 is 4.79 Å². The van der Waals surface area contributed by atoms with Gasteiger partial charge in [0.15, 0.2) is 0 Å². The lowest BCUT2D eigenvalue weighted by Gasteiger charge is -2.25. The molecule has 110 valence electrons. The molecular weight excluding hydrogens is 248 g/mol. The van der Waals surface area contributed by atoms with Gasteiger partial charge in [-0.3, -0.25) is 9.69 Å². The minimum Gasteiger partial charge on any atom is -0.352 e. The molecule has 1 aromatic rings. The number of carbonyl (C=O) groups excluding carboxylic acids is 1. The standard InChI is InChI=1S/C17H26N2O/c1-4-13(2)17(20)18-16-10-11-19(12-16)14(3)15-8-6-5-7-9-15/h5-9,13-14,16H,4,10-12H2,1-3H3,(H,18,20)/t13-,14+,16+/m0/s1. The second-order valence-electron chi connectivity index (χ2n) is 5.89. The van der Waals surface area contributed by atoms with Crippen molar-refractivity contribution in [1.82, 2.24) is 10.2 Å². The van der Waals surface area contributed by atoms with Crippen LogP contribution in [-0.2, 0) is 4.79 Å². The Bertz CT molecular complexity index is 432. The maximum absolute atomic E-state index is 11.9. The number of hydrogen-bond donors (Lipinski definition) is 1. The molecule has 0 spiro atoms. The van der Waals surface area contributed by atoms with Crippen molar-refractivity contribution in [3.63, 3.8) is 0 Å². The van der Waals surface area contributed by atoms with Gasteiger partial charge >= 0.3 is 0 Å². The van der Waals surface area contributed by atoms with Crippen LogP contribution in [0.1, 0.15) is 45.2 Å². The van der Waals surface area contributed by atoms with E-state index in [1.807, 2.05) is 6.92 Å². The molecule has 0 radical (unpaired) electrons. The van der Waals surface area contributed by atoms with E-state index in [-0.39, 0.29) is 11.8 Å². The predicted molar refractivity (Wildman–Crippen MR) is 82.4 cm³/mol. The first-order chi connectivity index (χ1) is 9.61. The third-order valence-electron chi connectivity index (χ3n) is 4.46. The highest BCUT2D eigenvalue weighted by molar-refractivity contribution is 5.78. The zero-order chi connectivity index (χ0) is 14.5. The molecule has 1 aliphatic heterocycles. The van der Waals surface area contributed by atoms with E-state index in [0.717, 1.165) is 25.9 Å². The monoisotopic (exact) mass is 274 g/mol. The molecule has 1 heterocycles. The van der Waals surface area contributed by atoms with E-state index in [9.17, 15) is 4.79 Å². The highest BCUT2D eigenvalue weighted by Gasteiger charge is 2.28. The normalized spacial score (nSPS) is 22.4. The van der Waals surface area contributed by atoms with Crippen LogP contribution in [0.15, 0.2) is 30.3 Å². The summed E-state index contributed by atoms with van der Waals surface area (Å²) in [4.78, 5) is 14.4. The van der Waals surface area contributed by atoms with E-state index < -0.39 is 0 Å². The Hall–Kier alpha value is -1.35. The molecule has 0 unspecified atom stereocenters. The second kappa shape index (κ2) is 6.89. The SMILES string of the molecule is CC[C@H](C)C(=O)N[C@@H]1CCN([C@H](C)c2ccccc2)C1.